The van der Waals surface area contributed by atoms with Gasteiger partial charge in [-0.2, -0.15) is 0 Å². The Hall–Kier alpha value is -2.79. The van der Waals surface area contributed by atoms with Gasteiger partial charge in [-0.1, -0.05) is 82.0 Å². The molecule has 0 radical (unpaired) electrons. The van der Waals surface area contributed by atoms with E-state index in [2.05, 4.69) is 43.4 Å². The van der Waals surface area contributed by atoms with Gasteiger partial charge in [0.15, 0.2) is 6.35 Å². The first-order valence-corrected chi connectivity index (χ1v) is 17.6. The van der Waals surface area contributed by atoms with E-state index in [1.165, 1.54) is 12.0 Å². The van der Waals surface area contributed by atoms with E-state index in [0.29, 0.717) is 26.0 Å². The van der Waals surface area contributed by atoms with Gasteiger partial charge in [-0.3, -0.25) is 4.57 Å². The summed E-state index contributed by atoms with van der Waals surface area (Å²) in [7, 11) is -2.78. The lowest BCUT2D eigenvalue weighted by Gasteiger charge is -2.19. The molecule has 1 unspecified atom stereocenters. The first-order chi connectivity index (χ1) is 20.6. The molecule has 230 valence electrons. The number of unbranched alkanes of at least 4 members (excludes halogenated alkanes) is 4. The minimum atomic E-state index is -2.78. The Bertz CT molecular complexity index is 1140. The largest absolute Gasteiger partial charge is 0.494 e. The molecule has 0 amide bonds. The minimum absolute atomic E-state index is 0.151. The summed E-state index contributed by atoms with van der Waals surface area (Å²) < 4.78 is 36.8. The van der Waals surface area contributed by atoms with Crippen molar-refractivity contribution in [3.63, 3.8) is 0 Å². The van der Waals surface area contributed by atoms with E-state index < -0.39 is 7.37 Å². The molecule has 0 aliphatic rings. The van der Waals surface area contributed by atoms with Crippen molar-refractivity contribution in [1.82, 2.24) is 5.32 Å². The molecular formula is C35H50NO5P. The van der Waals surface area contributed by atoms with Gasteiger partial charge in [0.2, 0.25) is 7.37 Å². The fourth-order valence-corrected chi connectivity index (χ4v) is 6.21. The highest BCUT2D eigenvalue weighted by Crippen LogP contribution is 2.48. The maximum absolute atomic E-state index is 13.3. The van der Waals surface area contributed by atoms with Crippen molar-refractivity contribution in [3.8, 4) is 17.2 Å². The molecule has 0 fully saturated rings. The standard InChI is InChI=1S/C35H50NO5P/c1-3-5-7-11-28-42(37,41-27-6-4-2)30-40-35-17-15-31(16-18-35)23-25-36-24-12-26-38-33-19-21-34(22-20-33)39-29-32-13-9-8-10-14-32/h8-10,13-22,36H,3-7,11-12,23-30H2,1-2H3. The van der Waals surface area contributed by atoms with E-state index in [0.717, 1.165) is 80.8 Å². The minimum Gasteiger partial charge on any atom is -0.494 e. The molecule has 3 aromatic carbocycles. The van der Waals surface area contributed by atoms with Crippen LogP contribution >= 0.6 is 7.37 Å². The van der Waals surface area contributed by atoms with E-state index >= 15 is 0 Å². The highest BCUT2D eigenvalue weighted by atomic mass is 31.2. The summed E-state index contributed by atoms with van der Waals surface area (Å²) in [6.07, 6.45) is 8.91. The smallest absolute Gasteiger partial charge is 0.239 e. The van der Waals surface area contributed by atoms with Gasteiger partial charge in [-0.15, -0.1) is 0 Å². The van der Waals surface area contributed by atoms with E-state index in [-0.39, 0.29) is 6.35 Å². The van der Waals surface area contributed by atoms with E-state index in [1.54, 1.807) is 0 Å². The molecule has 0 aromatic heterocycles. The monoisotopic (exact) mass is 595 g/mol. The highest BCUT2D eigenvalue weighted by Gasteiger charge is 2.23. The third-order valence-electron chi connectivity index (χ3n) is 6.96. The lowest BCUT2D eigenvalue weighted by Crippen LogP contribution is -2.20. The Morgan fingerprint density at radius 1 is 0.619 bits per heavy atom. The van der Waals surface area contributed by atoms with Crippen LogP contribution in [0.15, 0.2) is 78.9 Å². The predicted octanol–water partition coefficient (Wildman–Crippen LogP) is 8.88. The van der Waals surface area contributed by atoms with Crippen LogP contribution in [0.25, 0.3) is 0 Å². The quantitative estimate of drug-likeness (QED) is 0.0873. The van der Waals surface area contributed by atoms with Crippen LogP contribution in [0.3, 0.4) is 0 Å². The third-order valence-corrected chi connectivity index (χ3v) is 9.13. The van der Waals surface area contributed by atoms with Crippen molar-refractivity contribution >= 4 is 7.37 Å². The first kappa shape index (κ1) is 33.7. The van der Waals surface area contributed by atoms with E-state index in [9.17, 15) is 4.57 Å². The number of hydrogen-bond donors (Lipinski definition) is 1. The second-order valence-corrected chi connectivity index (χ2v) is 13.2. The van der Waals surface area contributed by atoms with Gasteiger partial charge >= 0.3 is 0 Å². The predicted molar refractivity (Wildman–Crippen MR) is 173 cm³/mol. The molecule has 1 N–H and O–H groups in total. The molecule has 42 heavy (non-hydrogen) atoms. The van der Waals surface area contributed by atoms with Gasteiger partial charge in [0.1, 0.15) is 23.9 Å². The molecule has 0 aliphatic heterocycles. The molecule has 7 heteroatoms. The van der Waals surface area contributed by atoms with Gasteiger partial charge in [-0.05, 0) is 86.3 Å². The number of rotatable bonds is 23. The zero-order valence-corrected chi connectivity index (χ0v) is 26.5. The van der Waals surface area contributed by atoms with Crippen LogP contribution in [-0.2, 0) is 22.1 Å². The normalized spacial score (nSPS) is 12.5. The molecule has 0 bridgehead atoms. The van der Waals surface area contributed by atoms with Crippen molar-refractivity contribution in [2.45, 2.75) is 71.8 Å². The summed E-state index contributed by atoms with van der Waals surface area (Å²) in [5.41, 5.74) is 2.39. The van der Waals surface area contributed by atoms with Crippen molar-refractivity contribution in [3.05, 3.63) is 90.0 Å². The fraction of sp³-hybridized carbons (Fsp3) is 0.486. The number of hydrogen-bond acceptors (Lipinski definition) is 6. The van der Waals surface area contributed by atoms with Gasteiger partial charge < -0.3 is 24.1 Å². The lowest BCUT2D eigenvalue weighted by molar-refractivity contribution is 0.275. The average molecular weight is 596 g/mol. The highest BCUT2D eigenvalue weighted by molar-refractivity contribution is 7.58. The summed E-state index contributed by atoms with van der Waals surface area (Å²) in [6.45, 7) is 7.85. The zero-order valence-electron chi connectivity index (χ0n) is 25.6. The second-order valence-electron chi connectivity index (χ2n) is 10.7. The maximum atomic E-state index is 13.3. The summed E-state index contributed by atoms with van der Waals surface area (Å²) in [6, 6.07) is 26.0. The molecule has 1 atom stereocenters. The second kappa shape index (κ2) is 20.2. The molecule has 0 spiro atoms. The SMILES string of the molecule is CCCCCCP(=O)(COc1ccc(CCNCCCOc2ccc(OCc3ccccc3)cc2)cc1)OCCCC. The van der Waals surface area contributed by atoms with E-state index in [4.69, 9.17) is 18.7 Å². The Kier molecular flexibility index (Phi) is 16.2. The maximum Gasteiger partial charge on any atom is 0.239 e. The van der Waals surface area contributed by atoms with Crippen molar-refractivity contribution in [2.24, 2.45) is 0 Å². The lowest BCUT2D eigenvalue weighted by atomic mass is 10.1. The molecule has 0 saturated carbocycles. The average Bonchev–Trinajstić information content (AvgIpc) is 3.02. The van der Waals surface area contributed by atoms with Crippen LogP contribution in [0.4, 0.5) is 0 Å². The molecule has 0 aliphatic carbocycles. The van der Waals surface area contributed by atoms with Crippen molar-refractivity contribution < 1.29 is 23.3 Å². The number of nitrogens with one attached hydrogen (secondary N) is 1. The van der Waals surface area contributed by atoms with Crippen LogP contribution in [-0.4, -0.2) is 38.8 Å². The topological polar surface area (TPSA) is 66.0 Å². The Labute approximate surface area is 253 Å². The van der Waals surface area contributed by atoms with Crippen LogP contribution in [0.2, 0.25) is 0 Å². The summed E-state index contributed by atoms with van der Waals surface area (Å²) in [5, 5.41) is 3.49. The number of ether oxygens (including phenoxy) is 3. The molecule has 6 nitrogen and oxygen atoms in total. The van der Waals surface area contributed by atoms with Gasteiger partial charge in [0, 0.05) is 6.16 Å². The Balaban J connectivity index is 1.27. The first-order valence-electron chi connectivity index (χ1n) is 15.6. The van der Waals surface area contributed by atoms with Gasteiger partial charge in [0.05, 0.1) is 13.2 Å². The van der Waals surface area contributed by atoms with Crippen LogP contribution in [0, 0.1) is 0 Å². The van der Waals surface area contributed by atoms with E-state index in [1.807, 2.05) is 54.6 Å². The van der Waals surface area contributed by atoms with Crippen LogP contribution in [0.1, 0.15) is 69.9 Å². The van der Waals surface area contributed by atoms with Crippen molar-refractivity contribution in [1.29, 1.82) is 0 Å². The zero-order chi connectivity index (χ0) is 29.7. The Morgan fingerprint density at radius 2 is 1.29 bits per heavy atom. The molecule has 3 rings (SSSR count). The molecule has 3 aromatic rings. The molecule has 0 heterocycles. The van der Waals surface area contributed by atoms with Crippen LogP contribution in [0.5, 0.6) is 17.2 Å². The summed E-state index contributed by atoms with van der Waals surface area (Å²) in [4.78, 5) is 0. The summed E-state index contributed by atoms with van der Waals surface area (Å²) in [5.74, 6) is 2.43. The van der Waals surface area contributed by atoms with Gasteiger partial charge in [-0.25, -0.2) is 0 Å². The number of benzene rings is 3. The fourth-order valence-electron chi connectivity index (χ4n) is 4.36. The molecular weight excluding hydrogens is 545 g/mol. The summed E-state index contributed by atoms with van der Waals surface area (Å²) >= 11 is 0. The van der Waals surface area contributed by atoms with Crippen molar-refractivity contribution in [2.75, 3.05) is 38.8 Å². The molecule has 0 saturated heterocycles. The third kappa shape index (κ3) is 13.9. The Morgan fingerprint density at radius 3 is 2.00 bits per heavy atom. The van der Waals surface area contributed by atoms with Crippen LogP contribution < -0.4 is 19.5 Å². The van der Waals surface area contributed by atoms with Gasteiger partial charge in [0.25, 0.3) is 0 Å².